The van der Waals surface area contributed by atoms with Crippen molar-refractivity contribution in [1.29, 1.82) is 0 Å². The molecule has 0 aliphatic carbocycles. The standard InChI is InChI=1S/C83H146O17P2/c1-5-9-13-17-21-25-29-33-35-37-38-40-42-46-48-52-56-60-64-68-81(86)94-74-79(100-83(88)70-66-62-58-54-50-44-32-28-24-20-16-12-8-4)76-98-102(91,92)96-72-77(84)71-95-101(89,90)97-75-78(99-82(87)69-65-61-57-53-49-43-31-27-23-19-15-11-7-3)73-93-80(85)67-63-59-55-51-47-45-41-39-36-34-30-26-22-18-14-10-6-2/h9-10,13-14,21-22,25-27,31,33-36,38,40,77-79,84H,5-8,11-12,15-20,23-24,28-30,32,37,39,41-76H2,1-4H3,(H,89,90)(H,91,92)/b13-9-,14-10-,25-21-,26-22-,31-27-,35-33-,36-34-,40-38-. The number of unbranched alkanes of at least 4 members (excludes halogenated alkanes) is 34. The average molecular weight is 1480 g/mol. The maximum Gasteiger partial charge on any atom is 0.472 e. The van der Waals surface area contributed by atoms with Crippen LogP contribution in [0.15, 0.2) is 97.2 Å². The predicted octanol–water partition coefficient (Wildman–Crippen LogP) is 23.6. The normalized spacial score (nSPS) is 14.4. The van der Waals surface area contributed by atoms with Crippen LogP contribution in [-0.2, 0) is 65.4 Å². The quantitative estimate of drug-likeness (QED) is 0.0169. The number of phosphoric acid groups is 2. The number of allylic oxidation sites excluding steroid dienone is 16. The third kappa shape index (κ3) is 74.3. The van der Waals surface area contributed by atoms with E-state index >= 15 is 0 Å². The first-order valence-corrected chi connectivity index (χ1v) is 43.5. The molecule has 0 aromatic carbocycles. The summed E-state index contributed by atoms with van der Waals surface area (Å²) in [5, 5.41) is 10.6. The first-order chi connectivity index (χ1) is 49.7. The van der Waals surface area contributed by atoms with E-state index in [0.29, 0.717) is 25.7 Å². The minimum atomic E-state index is -4.98. The number of ether oxygens (including phenoxy) is 4. The van der Waals surface area contributed by atoms with Crippen LogP contribution in [0.25, 0.3) is 0 Å². The third-order valence-electron chi connectivity index (χ3n) is 17.0. The van der Waals surface area contributed by atoms with Gasteiger partial charge in [0.05, 0.1) is 26.4 Å². The lowest BCUT2D eigenvalue weighted by Crippen LogP contribution is -2.30. The van der Waals surface area contributed by atoms with Crippen LogP contribution in [0.5, 0.6) is 0 Å². The highest BCUT2D eigenvalue weighted by atomic mass is 31.2. The summed E-state index contributed by atoms with van der Waals surface area (Å²) in [4.78, 5) is 73.0. The second-order valence-corrected chi connectivity index (χ2v) is 29.9. The van der Waals surface area contributed by atoms with Crippen molar-refractivity contribution in [2.75, 3.05) is 39.6 Å². The van der Waals surface area contributed by atoms with Gasteiger partial charge >= 0.3 is 39.5 Å². The highest BCUT2D eigenvalue weighted by Crippen LogP contribution is 2.45. The fourth-order valence-corrected chi connectivity index (χ4v) is 12.5. The predicted molar refractivity (Wildman–Crippen MR) is 418 cm³/mol. The molecule has 0 fully saturated rings. The second kappa shape index (κ2) is 75.2. The largest absolute Gasteiger partial charge is 0.472 e. The molecule has 5 atom stereocenters. The van der Waals surface area contributed by atoms with E-state index in [0.717, 1.165) is 193 Å². The summed E-state index contributed by atoms with van der Waals surface area (Å²) >= 11 is 0. The molecule has 0 radical (unpaired) electrons. The molecule has 0 aromatic heterocycles. The average Bonchev–Trinajstić information content (AvgIpc) is 0.909. The number of aliphatic hydroxyl groups excluding tert-OH is 1. The lowest BCUT2D eigenvalue weighted by molar-refractivity contribution is -0.161. The van der Waals surface area contributed by atoms with E-state index in [1.807, 2.05) is 0 Å². The molecule has 0 aliphatic heterocycles. The van der Waals surface area contributed by atoms with Crippen LogP contribution in [0.2, 0.25) is 0 Å². The maximum atomic E-state index is 13.1. The summed E-state index contributed by atoms with van der Waals surface area (Å²) in [5.41, 5.74) is 0. The Labute approximate surface area is 620 Å². The topological polar surface area (TPSA) is 237 Å². The molecule has 0 aliphatic rings. The molecular weight excluding hydrogens is 1330 g/mol. The van der Waals surface area contributed by atoms with Crippen LogP contribution in [0.3, 0.4) is 0 Å². The Balaban J connectivity index is 5.32. The van der Waals surface area contributed by atoms with Crippen molar-refractivity contribution >= 4 is 39.5 Å². The van der Waals surface area contributed by atoms with Crippen LogP contribution in [0.1, 0.15) is 349 Å². The SMILES string of the molecule is CC/C=C\C/C=C\C/C=C\C/C=C\CCCCCCCCC(=O)OCC(COP(=O)(O)OCC(O)COP(=O)(O)OCC(COC(=O)CCCCCCCCC/C=C\C/C=C\C/C=C\CC)OC(=O)CCCCCCC/C=C\CCCCCC)OC(=O)CCCCCCCCCCCCCCC. The molecule has 0 heterocycles. The number of rotatable bonds is 76. The van der Waals surface area contributed by atoms with Crippen LogP contribution in [0.4, 0.5) is 0 Å². The summed E-state index contributed by atoms with van der Waals surface area (Å²) in [6, 6.07) is 0. The molecule has 3 N–H and O–H groups in total. The van der Waals surface area contributed by atoms with Crippen molar-refractivity contribution in [3.8, 4) is 0 Å². The van der Waals surface area contributed by atoms with Crippen LogP contribution >= 0.6 is 15.6 Å². The van der Waals surface area contributed by atoms with Crippen molar-refractivity contribution in [2.45, 2.75) is 367 Å². The molecule has 5 unspecified atom stereocenters. The van der Waals surface area contributed by atoms with Gasteiger partial charge in [-0.05, 0) is 122 Å². The lowest BCUT2D eigenvalue weighted by atomic mass is 10.0. The van der Waals surface area contributed by atoms with Gasteiger partial charge in [-0.25, -0.2) is 9.13 Å². The van der Waals surface area contributed by atoms with Gasteiger partial charge in [0.2, 0.25) is 0 Å². The van der Waals surface area contributed by atoms with E-state index in [2.05, 4.69) is 125 Å². The Morgan fingerprint density at radius 2 is 0.510 bits per heavy atom. The zero-order valence-electron chi connectivity index (χ0n) is 64.5. The smallest absolute Gasteiger partial charge is 0.462 e. The minimum absolute atomic E-state index is 0.0837. The Bertz CT molecular complexity index is 2310. The summed E-state index contributed by atoms with van der Waals surface area (Å²) in [6.45, 7) is 4.65. The molecule has 0 rings (SSSR count). The summed E-state index contributed by atoms with van der Waals surface area (Å²) in [6.07, 6.45) is 79.5. The highest BCUT2D eigenvalue weighted by molar-refractivity contribution is 7.47. The number of hydrogen-bond acceptors (Lipinski definition) is 15. The van der Waals surface area contributed by atoms with Crippen LogP contribution in [-0.4, -0.2) is 96.7 Å². The van der Waals surface area contributed by atoms with Gasteiger partial charge in [-0.15, -0.1) is 0 Å². The fourth-order valence-electron chi connectivity index (χ4n) is 10.9. The molecule has 19 heteroatoms. The van der Waals surface area contributed by atoms with Crippen molar-refractivity contribution < 1.29 is 80.2 Å². The maximum absolute atomic E-state index is 13.1. The van der Waals surface area contributed by atoms with Gasteiger partial charge in [-0.3, -0.25) is 37.3 Å². The summed E-state index contributed by atoms with van der Waals surface area (Å²) < 4.78 is 68.6. The number of esters is 4. The Morgan fingerprint density at radius 1 is 0.284 bits per heavy atom. The molecular formula is C83H146O17P2. The van der Waals surface area contributed by atoms with E-state index in [9.17, 15) is 43.2 Å². The van der Waals surface area contributed by atoms with Crippen molar-refractivity contribution in [3.63, 3.8) is 0 Å². The highest BCUT2D eigenvalue weighted by Gasteiger charge is 2.30. The van der Waals surface area contributed by atoms with Gasteiger partial charge in [0.1, 0.15) is 19.3 Å². The Kier molecular flexibility index (Phi) is 72.3. The summed E-state index contributed by atoms with van der Waals surface area (Å²) in [5.74, 6) is -2.19. The monoisotopic (exact) mass is 1480 g/mol. The molecule has 0 aromatic rings. The van der Waals surface area contributed by atoms with Crippen molar-refractivity contribution in [3.05, 3.63) is 97.2 Å². The first-order valence-electron chi connectivity index (χ1n) is 40.5. The van der Waals surface area contributed by atoms with Gasteiger partial charge in [0.15, 0.2) is 12.2 Å². The Morgan fingerprint density at radius 3 is 0.804 bits per heavy atom. The van der Waals surface area contributed by atoms with Gasteiger partial charge in [0, 0.05) is 25.7 Å². The molecule has 102 heavy (non-hydrogen) atoms. The first kappa shape index (κ1) is 98.0. The second-order valence-electron chi connectivity index (χ2n) is 27.0. The van der Waals surface area contributed by atoms with E-state index in [1.165, 1.54) is 77.0 Å². The molecule has 0 amide bonds. The number of phosphoric ester groups is 2. The van der Waals surface area contributed by atoms with Gasteiger partial charge in [0.25, 0.3) is 0 Å². The fraction of sp³-hybridized carbons (Fsp3) is 0.759. The van der Waals surface area contributed by atoms with Crippen LogP contribution < -0.4 is 0 Å². The van der Waals surface area contributed by atoms with Crippen molar-refractivity contribution in [1.82, 2.24) is 0 Å². The number of hydrogen-bond donors (Lipinski definition) is 3. The molecule has 0 spiro atoms. The zero-order valence-corrected chi connectivity index (χ0v) is 66.3. The molecule has 17 nitrogen and oxygen atoms in total. The minimum Gasteiger partial charge on any atom is -0.462 e. The van der Waals surface area contributed by atoms with E-state index in [1.54, 1.807) is 0 Å². The molecule has 0 bridgehead atoms. The van der Waals surface area contributed by atoms with E-state index < -0.39 is 97.5 Å². The number of carbonyl (C=O) groups excluding carboxylic acids is 4. The zero-order chi connectivity index (χ0) is 74.6. The summed E-state index contributed by atoms with van der Waals surface area (Å²) in [7, 11) is -9.95. The number of aliphatic hydroxyl groups is 1. The molecule has 590 valence electrons. The van der Waals surface area contributed by atoms with Crippen LogP contribution in [0, 0.1) is 0 Å². The number of carbonyl (C=O) groups is 4. The van der Waals surface area contributed by atoms with Gasteiger partial charge in [-0.2, -0.15) is 0 Å². The third-order valence-corrected chi connectivity index (χ3v) is 18.9. The van der Waals surface area contributed by atoms with E-state index in [-0.39, 0.29) is 25.7 Å². The van der Waals surface area contributed by atoms with Gasteiger partial charge < -0.3 is 33.8 Å². The Hall–Kier alpha value is -4.02. The van der Waals surface area contributed by atoms with Crippen molar-refractivity contribution in [2.24, 2.45) is 0 Å². The molecule has 0 saturated heterocycles. The van der Waals surface area contributed by atoms with E-state index in [4.69, 9.17) is 37.0 Å². The van der Waals surface area contributed by atoms with Gasteiger partial charge in [-0.1, -0.05) is 298 Å². The lowest BCUT2D eigenvalue weighted by Gasteiger charge is -2.21. The molecule has 0 saturated carbocycles.